The minimum Gasteiger partial charge on any atom is -0.442 e. The van der Waals surface area contributed by atoms with Gasteiger partial charge in [-0.3, -0.25) is 4.79 Å². The van der Waals surface area contributed by atoms with Gasteiger partial charge < -0.3 is 4.74 Å². The molecule has 2 heterocycles. The van der Waals surface area contributed by atoms with Crippen molar-refractivity contribution in [3.63, 3.8) is 0 Å². The number of para-hydroxylation sites is 1. The Morgan fingerprint density at radius 3 is 2.54 bits per heavy atom. The van der Waals surface area contributed by atoms with Crippen LogP contribution in [0, 0.1) is 6.92 Å². The Kier molecular flexibility index (Phi) is 3.92. The summed E-state index contributed by atoms with van der Waals surface area (Å²) in [7, 11) is 0. The standard InChI is InChI=1S/C18H16N6O2/c1-12-7-6-10-15(11-12)23-17(25)16(13(2)20-23)26-18-19-21-22-24(18)14-8-4-3-5-9-14/h3-11,16H,1-2H3. The van der Waals surface area contributed by atoms with Crippen LogP contribution in [0.15, 0.2) is 59.7 Å². The predicted octanol–water partition coefficient (Wildman–Crippen LogP) is 2.14. The van der Waals surface area contributed by atoms with Gasteiger partial charge >= 0.3 is 6.01 Å². The topological polar surface area (TPSA) is 85.5 Å². The molecule has 2 aromatic carbocycles. The molecule has 8 heteroatoms. The first-order chi connectivity index (χ1) is 12.6. The first-order valence-electron chi connectivity index (χ1n) is 8.09. The van der Waals surface area contributed by atoms with Crippen LogP contribution in [0.25, 0.3) is 5.69 Å². The number of rotatable bonds is 4. The molecule has 0 saturated heterocycles. The SMILES string of the molecule is CC1=NN(c2cccc(C)c2)C(=O)C1Oc1nnnn1-c1ccccc1. The van der Waals surface area contributed by atoms with E-state index in [9.17, 15) is 4.79 Å². The summed E-state index contributed by atoms with van der Waals surface area (Å²) in [6.45, 7) is 3.71. The molecule has 0 radical (unpaired) electrons. The molecule has 130 valence electrons. The molecule has 1 atom stereocenters. The molecule has 0 aliphatic carbocycles. The van der Waals surface area contributed by atoms with Gasteiger partial charge in [-0.05, 0) is 54.1 Å². The van der Waals surface area contributed by atoms with Gasteiger partial charge in [-0.2, -0.15) is 14.8 Å². The highest BCUT2D eigenvalue weighted by molar-refractivity contribution is 6.17. The van der Waals surface area contributed by atoms with Crippen molar-refractivity contribution < 1.29 is 9.53 Å². The molecule has 3 aromatic rings. The number of carbonyl (C=O) groups excluding carboxylic acids is 1. The highest BCUT2D eigenvalue weighted by Crippen LogP contribution is 2.24. The molecule has 0 bridgehead atoms. The van der Waals surface area contributed by atoms with E-state index in [0.717, 1.165) is 11.3 Å². The molecule has 1 unspecified atom stereocenters. The summed E-state index contributed by atoms with van der Waals surface area (Å²) >= 11 is 0. The van der Waals surface area contributed by atoms with E-state index in [0.29, 0.717) is 11.4 Å². The summed E-state index contributed by atoms with van der Waals surface area (Å²) in [6, 6.07) is 17.0. The van der Waals surface area contributed by atoms with E-state index in [1.54, 1.807) is 6.92 Å². The van der Waals surface area contributed by atoms with Gasteiger partial charge in [-0.15, -0.1) is 0 Å². The van der Waals surface area contributed by atoms with Crippen molar-refractivity contribution in [2.75, 3.05) is 5.01 Å². The second-order valence-corrected chi connectivity index (χ2v) is 5.94. The van der Waals surface area contributed by atoms with Crippen LogP contribution >= 0.6 is 0 Å². The third-order valence-electron chi connectivity index (χ3n) is 3.98. The van der Waals surface area contributed by atoms with Gasteiger partial charge in [0.25, 0.3) is 5.91 Å². The minimum atomic E-state index is -0.871. The lowest BCUT2D eigenvalue weighted by Gasteiger charge is -2.15. The average Bonchev–Trinajstić information content (AvgIpc) is 3.22. The monoisotopic (exact) mass is 348 g/mol. The van der Waals surface area contributed by atoms with Gasteiger partial charge in [0.15, 0.2) is 0 Å². The number of ether oxygens (including phenoxy) is 1. The third-order valence-corrected chi connectivity index (χ3v) is 3.98. The Balaban J connectivity index is 1.60. The largest absolute Gasteiger partial charge is 0.442 e. The molecular formula is C18H16N6O2. The average molecular weight is 348 g/mol. The number of nitrogens with zero attached hydrogens (tertiary/aromatic N) is 6. The summed E-state index contributed by atoms with van der Waals surface area (Å²) in [5.41, 5.74) is 3.02. The number of aromatic nitrogens is 4. The number of amides is 1. The molecule has 0 saturated carbocycles. The van der Waals surface area contributed by atoms with Crippen LogP contribution in [-0.4, -0.2) is 37.9 Å². The van der Waals surface area contributed by atoms with E-state index < -0.39 is 6.10 Å². The van der Waals surface area contributed by atoms with Gasteiger partial charge in [0, 0.05) is 0 Å². The van der Waals surface area contributed by atoms with Crippen LogP contribution in [0.1, 0.15) is 12.5 Å². The molecule has 0 fully saturated rings. The number of tetrazole rings is 1. The summed E-state index contributed by atoms with van der Waals surface area (Å²) in [5, 5.41) is 17.2. The van der Waals surface area contributed by atoms with Gasteiger partial charge in [-0.1, -0.05) is 35.4 Å². The number of hydrogen-bond acceptors (Lipinski definition) is 6. The van der Waals surface area contributed by atoms with E-state index in [1.807, 2.05) is 61.5 Å². The Bertz CT molecular complexity index is 982. The summed E-state index contributed by atoms with van der Waals surface area (Å²) in [5.74, 6) is -0.282. The maximum Gasteiger partial charge on any atom is 0.341 e. The zero-order valence-electron chi connectivity index (χ0n) is 14.3. The quantitative estimate of drug-likeness (QED) is 0.721. The fraction of sp³-hybridized carbons (Fsp3) is 0.167. The maximum atomic E-state index is 12.8. The highest BCUT2D eigenvalue weighted by atomic mass is 16.5. The van der Waals surface area contributed by atoms with E-state index in [2.05, 4.69) is 20.6 Å². The molecular weight excluding hydrogens is 332 g/mol. The normalized spacial score (nSPS) is 16.7. The number of benzene rings is 2. The molecule has 1 aliphatic heterocycles. The van der Waals surface area contributed by atoms with Crippen molar-refractivity contribution in [3.8, 4) is 11.7 Å². The van der Waals surface area contributed by atoms with Crippen LogP contribution < -0.4 is 9.75 Å². The minimum absolute atomic E-state index is 0.134. The maximum absolute atomic E-state index is 12.8. The Morgan fingerprint density at radius 2 is 1.77 bits per heavy atom. The number of hydrogen-bond donors (Lipinski definition) is 0. The lowest BCUT2D eigenvalue weighted by molar-refractivity contribution is -0.122. The lowest BCUT2D eigenvalue weighted by atomic mass is 10.2. The summed E-state index contributed by atoms with van der Waals surface area (Å²) in [4.78, 5) is 12.8. The molecule has 0 spiro atoms. The fourth-order valence-corrected chi connectivity index (χ4v) is 2.72. The second kappa shape index (κ2) is 6.40. The molecule has 0 N–H and O–H groups in total. The van der Waals surface area contributed by atoms with Crippen molar-refractivity contribution in [3.05, 3.63) is 60.2 Å². The summed E-state index contributed by atoms with van der Waals surface area (Å²) in [6.07, 6.45) is -0.871. The van der Waals surface area contributed by atoms with Crippen molar-refractivity contribution >= 4 is 17.3 Å². The van der Waals surface area contributed by atoms with Crippen LogP contribution in [0.5, 0.6) is 6.01 Å². The fourth-order valence-electron chi connectivity index (χ4n) is 2.72. The number of hydrazone groups is 1. The van der Waals surface area contributed by atoms with Crippen molar-refractivity contribution in [1.82, 2.24) is 20.2 Å². The predicted molar refractivity (Wildman–Crippen MR) is 95.3 cm³/mol. The second-order valence-electron chi connectivity index (χ2n) is 5.94. The number of anilines is 1. The molecule has 1 aromatic heterocycles. The lowest BCUT2D eigenvalue weighted by Crippen LogP contribution is -2.36. The van der Waals surface area contributed by atoms with Gasteiger partial charge in [0.05, 0.1) is 17.1 Å². The number of carbonyl (C=O) groups is 1. The van der Waals surface area contributed by atoms with E-state index >= 15 is 0 Å². The third kappa shape index (κ3) is 2.81. The van der Waals surface area contributed by atoms with E-state index in [4.69, 9.17) is 4.74 Å². The van der Waals surface area contributed by atoms with Crippen molar-refractivity contribution in [2.24, 2.45) is 5.10 Å². The van der Waals surface area contributed by atoms with Crippen molar-refractivity contribution in [1.29, 1.82) is 0 Å². The van der Waals surface area contributed by atoms with E-state index in [-0.39, 0.29) is 11.9 Å². The zero-order valence-corrected chi connectivity index (χ0v) is 14.3. The van der Waals surface area contributed by atoms with Crippen LogP contribution in [0.2, 0.25) is 0 Å². The van der Waals surface area contributed by atoms with Crippen LogP contribution in [0.4, 0.5) is 5.69 Å². The van der Waals surface area contributed by atoms with E-state index in [1.165, 1.54) is 9.69 Å². The van der Waals surface area contributed by atoms with Gasteiger partial charge in [0.2, 0.25) is 6.10 Å². The van der Waals surface area contributed by atoms with Crippen LogP contribution in [-0.2, 0) is 4.79 Å². The smallest absolute Gasteiger partial charge is 0.341 e. The Morgan fingerprint density at radius 1 is 1.00 bits per heavy atom. The summed E-state index contributed by atoms with van der Waals surface area (Å²) < 4.78 is 7.25. The first kappa shape index (κ1) is 15.9. The van der Waals surface area contributed by atoms with Crippen LogP contribution in [0.3, 0.4) is 0 Å². The molecule has 1 aliphatic rings. The highest BCUT2D eigenvalue weighted by Gasteiger charge is 2.37. The molecule has 4 rings (SSSR count). The number of aryl methyl sites for hydroxylation is 1. The van der Waals surface area contributed by atoms with Gasteiger partial charge in [0.1, 0.15) is 0 Å². The zero-order chi connectivity index (χ0) is 18.1. The molecule has 1 amide bonds. The first-order valence-corrected chi connectivity index (χ1v) is 8.09. The van der Waals surface area contributed by atoms with Gasteiger partial charge in [-0.25, -0.2) is 0 Å². The van der Waals surface area contributed by atoms with Crippen molar-refractivity contribution in [2.45, 2.75) is 20.0 Å². The Hall–Kier alpha value is -3.55. The molecule has 26 heavy (non-hydrogen) atoms. The Labute approximate surface area is 149 Å². The molecule has 8 nitrogen and oxygen atoms in total.